The highest BCUT2D eigenvalue weighted by Gasteiger charge is 2.35. The van der Waals surface area contributed by atoms with Crippen molar-refractivity contribution in [2.24, 2.45) is 0 Å². The molecule has 2 N–H and O–H groups in total. The summed E-state index contributed by atoms with van der Waals surface area (Å²) in [7, 11) is 0. The fraction of sp³-hybridized carbons (Fsp3) is 0.0870. The molecule has 4 amide bonds. The predicted octanol–water partition coefficient (Wildman–Crippen LogP) is 4.25. The molecule has 2 heterocycles. The van der Waals surface area contributed by atoms with Gasteiger partial charge in [-0.2, -0.15) is 0 Å². The summed E-state index contributed by atoms with van der Waals surface area (Å²) in [5, 5.41) is 7.23. The van der Waals surface area contributed by atoms with Crippen LogP contribution in [0.4, 0.5) is 10.5 Å². The topological polar surface area (TPSA) is 78.5 Å². The van der Waals surface area contributed by atoms with Gasteiger partial charge in [0.1, 0.15) is 12.2 Å². The number of urea groups is 1. The van der Waals surface area contributed by atoms with Gasteiger partial charge >= 0.3 is 6.03 Å². The van der Waals surface area contributed by atoms with E-state index in [1.54, 1.807) is 30.3 Å². The van der Waals surface area contributed by atoms with E-state index in [1.807, 2.05) is 48.7 Å². The third-order valence-corrected chi connectivity index (χ3v) is 5.49. The van der Waals surface area contributed by atoms with Gasteiger partial charge in [0.05, 0.1) is 0 Å². The van der Waals surface area contributed by atoms with E-state index in [9.17, 15) is 14.4 Å². The maximum Gasteiger partial charge on any atom is 0.329 e. The number of amides is 4. The maximum atomic E-state index is 12.6. The number of para-hydroxylation sites is 1. The summed E-state index contributed by atoms with van der Waals surface area (Å²) in [5.41, 5.74) is 4.08. The first-order valence-electron chi connectivity index (χ1n) is 9.34. The minimum Gasteiger partial charge on any atom is -0.325 e. The third kappa shape index (κ3) is 4.31. The number of anilines is 1. The fourth-order valence-corrected chi connectivity index (χ4v) is 3.90. The van der Waals surface area contributed by atoms with E-state index in [1.165, 1.54) is 16.9 Å². The van der Waals surface area contributed by atoms with Crippen molar-refractivity contribution in [2.45, 2.75) is 6.92 Å². The molecule has 0 unspecified atom stereocenters. The monoisotopic (exact) mass is 417 g/mol. The average molecular weight is 417 g/mol. The molecule has 0 radical (unpaired) electrons. The van der Waals surface area contributed by atoms with Gasteiger partial charge < -0.3 is 10.6 Å². The van der Waals surface area contributed by atoms with Crippen molar-refractivity contribution in [3.63, 3.8) is 0 Å². The Hall–Kier alpha value is -3.71. The van der Waals surface area contributed by atoms with Crippen LogP contribution in [-0.4, -0.2) is 29.3 Å². The number of hydrogen-bond acceptors (Lipinski definition) is 4. The summed E-state index contributed by atoms with van der Waals surface area (Å²) >= 11 is 1.48. The van der Waals surface area contributed by atoms with Crippen molar-refractivity contribution in [1.82, 2.24) is 10.2 Å². The van der Waals surface area contributed by atoms with Crippen molar-refractivity contribution in [1.29, 1.82) is 0 Å². The number of nitrogens with zero attached hydrogens (tertiary/aromatic N) is 1. The van der Waals surface area contributed by atoms with Crippen LogP contribution in [0.5, 0.6) is 0 Å². The number of aryl methyl sites for hydroxylation is 1. The molecule has 0 spiro atoms. The van der Waals surface area contributed by atoms with Crippen LogP contribution < -0.4 is 10.6 Å². The van der Waals surface area contributed by atoms with E-state index >= 15 is 0 Å². The second kappa shape index (κ2) is 8.34. The SMILES string of the molecule is Cc1ccc(-c2csc(/C=C3\NC(=O)N(CC(=O)Nc4ccccc4)C3=O)c2)cc1. The number of thiophene rings is 1. The molecule has 4 rings (SSSR count). The Kier molecular flexibility index (Phi) is 5.45. The standard InChI is InChI=1S/C23H19N3O3S/c1-15-7-9-16(10-8-15)17-11-19(30-14-17)12-20-22(28)26(23(29)25-20)13-21(27)24-18-5-3-2-4-6-18/h2-12,14H,13H2,1H3,(H,24,27)(H,25,29)/b20-12-. The van der Waals surface area contributed by atoms with Gasteiger partial charge in [-0.15, -0.1) is 11.3 Å². The van der Waals surface area contributed by atoms with Gasteiger partial charge in [-0.05, 0) is 47.7 Å². The van der Waals surface area contributed by atoms with Gasteiger partial charge in [-0.25, -0.2) is 9.69 Å². The zero-order valence-corrected chi connectivity index (χ0v) is 17.0. The highest BCUT2D eigenvalue weighted by atomic mass is 32.1. The molecular formula is C23H19N3O3S. The van der Waals surface area contributed by atoms with Gasteiger partial charge in [-0.3, -0.25) is 9.59 Å². The molecule has 1 aromatic heterocycles. The van der Waals surface area contributed by atoms with Crippen LogP contribution in [0.3, 0.4) is 0 Å². The molecule has 6 nitrogen and oxygen atoms in total. The first-order valence-corrected chi connectivity index (χ1v) is 10.2. The van der Waals surface area contributed by atoms with Crippen LogP contribution in [0.25, 0.3) is 17.2 Å². The normalized spacial score (nSPS) is 14.8. The van der Waals surface area contributed by atoms with Gasteiger partial charge in [0, 0.05) is 10.6 Å². The van der Waals surface area contributed by atoms with Gasteiger partial charge in [0.15, 0.2) is 0 Å². The molecule has 0 aliphatic carbocycles. The smallest absolute Gasteiger partial charge is 0.325 e. The first-order chi connectivity index (χ1) is 14.5. The van der Waals surface area contributed by atoms with E-state index < -0.39 is 17.8 Å². The van der Waals surface area contributed by atoms with Gasteiger partial charge in [0.25, 0.3) is 5.91 Å². The number of carbonyl (C=O) groups is 3. The van der Waals surface area contributed by atoms with Crippen molar-refractivity contribution < 1.29 is 14.4 Å². The third-order valence-electron chi connectivity index (χ3n) is 4.61. The first kappa shape index (κ1) is 19.6. The average Bonchev–Trinajstić information content (AvgIpc) is 3.30. The Balaban J connectivity index is 1.45. The summed E-state index contributed by atoms with van der Waals surface area (Å²) in [6.45, 7) is 1.68. The Morgan fingerprint density at radius 3 is 2.53 bits per heavy atom. The summed E-state index contributed by atoms with van der Waals surface area (Å²) in [6.07, 6.45) is 1.64. The lowest BCUT2D eigenvalue weighted by atomic mass is 10.1. The lowest BCUT2D eigenvalue weighted by molar-refractivity contribution is -0.127. The molecule has 0 atom stereocenters. The number of nitrogens with one attached hydrogen (secondary N) is 2. The van der Waals surface area contributed by atoms with Crippen LogP contribution in [-0.2, 0) is 9.59 Å². The summed E-state index contributed by atoms with van der Waals surface area (Å²) in [6, 6.07) is 18.4. The second-order valence-corrected chi connectivity index (χ2v) is 7.84. The molecule has 150 valence electrons. The number of carbonyl (C=O) groups excluding carboxylic acids is 3. The van der Waals surface area contributed by atoms with Crippen LogP contribution in [0.2, 0.25) is 0 Å². The number of imide groups is 1. The summed E-state index contributed by atoms with van der Waals surface area (Å²) in [4.78, 5) is 38.8. The molecular weight excluding hydrogens is 398 g/mol. The van der Waals surface area contributed by atoms with Gasteiger partial charge in [-0.1, -0.05) is 48.0 Å². The molecule has 0 saturated carbocycles. The molecule has 30 heavy (non-hydrogen) atoms. The van der Waals surface area contributed by atoms with Gasteiger partial charge in [0.2, 0.25) is 5.91 Å². The minimum absolute atomic E-state index is 0.157. The van der Waals surface area contributed by atoms with Crippen LogP contribution in [0, 0.1) is 6.92 Å². The van der Waals surface area contributed by atoms with E-state index in [4.69, 9.17) is 0 Å². The Labute approximate surface area is 177 Å². The molecule has 7 heteroatoms. The molecule has 1 aliphatic heterocycles. The molecule has 3 aromatic rings. The summed E-state index contributed by atoms with van der Waals surface area (Å²) in [5.74, 6) is -0.961. The Bertz CT molecular complexity index is 1130. The quantitative estimate of drug-likeness (QED) is 0.481. The lowest BCUT2D eigenvalue weighted by Gasteiger charge is -2.11. The molecule has 1 aliphatic rings. The number of rotatable bonds is 5. The van der Waals surface area contributed by atoms with Crippen LogP contribution >= 0.6 is 11.3 Å². The van der Waals surface area contributed by atoms with E-state index in [0.717, 1.165) is 20.9 Å². The molecule has 1 saturated heterocycles. The Morgan fingerprint density at radius 2 is 1.80 bits per heavy atom. The van der Waals surface area contributed by atoms with E-state index in [2.05, 4.69) is 10.6 Å². The number of benzene rings is 2. The van der Waals surface area contributed by atoms with Crippen LogP contribution in [0.15, 0.2) is 71.7 Å². The fourth-order valence-electron chi connectivity index (χ4n) is 3.05. The van der Waals surface area contributed by atoms with E-state index in [-0.39, 0.29) is 12.2 Å². The predicted molar refractivity (Wildman–Crippen MR) is 118 cm³/mol. The largest absolute Gasteiger partial charge is 0.329 e. The molecule has 2 aromatic carbocycles. The lowest BCUT2D eigenvalue weighted by Crippen LogP contribution is -2.38. The van der Waals surface area contributed by atoms with Crippen LogP contribution in [0.1, 0.15) is 10.4 Å². The highest BCUT2D eigenvalue weighted by molar-refractivity contribution is 7.11. The zero-order chi connectivity index (χ0) is 21.1. The van der Waals surface area contributed by atoms with Crippen molar-refractivity contribution >= 4 is 40.9 Å². The van der Waals surface area contributed by atoms with Crippen molar-refractivity contribution in [2.75, 3.05) is 11.9 Å². The molecule has 0 bridgehead atoms. The van der Waals surface area contributed by atoms with Crippen molar-refractivity contribution in [3.05, 3.63) is 82.2 Å². The van der Waals surface area contributed by atoms with Crippen molar-refractivity contribution in [3.8, 4) is 11.1 Å². The number of hydrogen-bond donors (Lipinski definition) is 2. The summed E-state index contributed by atoms with van der Waals surface area (Å²) < 4.78 is 0. The molecule has 1 fully saturated rings. The highest BCUT2D eigenvalue weighted by Crippen LogP contribution is 2.28. The zero-order valence-electron chi connectivity index (χ0n) is 16.2. The Morgan fingerprint density at radius 1 is 1.07 bits per heavy atom. The second-order valence-electron chi connectivity index (χ2n) is 6.90. The maximum absolute atomic E-state index is 12.6. The minimum atomic E-state index is -0.607. The van der Waals surface area contributed by atoms with E-state index in [0.29, 0.717) is 5.69 Å².